The molecule has 0 spiro atoms. The molecule has 0 N–H and O–H groups in total. The van der Waals surface area contributed by atoms with Crippen molar-refractivity contribution in [1.29, 1.82) is 0 Å². The van der Waals surface area contributed by atoms with Gasteiger partial charge in [-0.2, -0.15) is 0 Å². The third kappa shape index (κ3) is 4.67. The van der Waals surface area contributed by atoms with Crippen LogP contribution < -0.4 is 5.56 Å². The van der Waals surface area contributed by atoms with Crippen molar-refractivity contribution >= 4 is 28.6 Å². The molecule has 156 valence electrons. The first-order valence-electron chi connectivity index (χ1n) is 10.7. The number of fused-ring (bicyclic) bond motifs is 1. The Labute approximate surface area is 175 Å². The molecule has 2 fully saturated rings. The van der Waals surface area contributed by atoms with Crippen molar-refractivity contribution in [2.24, 2.45) is 0 Å². The first kappa shape index (κ1) is 20.4. The van der Waals surface area contributed by atoms with Crippen molar-refractivity contribution in [3.63, 3.8) is 0 Å². The summed E-state index contributed by atoms with van der Waals surface area (Å²) < 4.78 is 7.49. The molecular weight excluding hydrogens is 386 g/mol. The third-order valence-corrected chi connectivity index (χ3v) is 6.86. The summed E-state index contributed by atoms with van der Waals surface area (Å²) >= 11 is 1.40. The fraction of sp³-hybridized carbons (Fsp3) is 0.591. The van der Waals surface area contributed by atoms with Crippen molar-refractivity contribution in [3.05, 3.63) is 34.6 Å². The lowest BCUT2D eigenvalue weighted by molar-refractivity contribution is -0.130. The van der Waals surface area contributed by atoms with E-state index in [-0.39, 0.29) is 22.8 Å². The predicted molar refractivity (Wildman–Crippen MR) is 115 cm³/mol. The van der Waals surface area contributed by atoms with E-state index in [4.69, 9.17) is 9.72 Å². The zero-order valence-electron chi connectivity index (χ0n) is 17.0. The first-order chi connectivity index (χ1) is 14.1. The van der Waals surface area contributed by atoms with Gasteiger partial charge in [-0.15, -0.1) is 0 Å². The van der Waals surface area contributed by atoms with E-state index in [1.54, 1.807) is 4.57 Å². The van der Waals surface area contributed by atoms with Gasteiger partial charge in [0.25, 0.3) is 5.56 Å². The summed E-state index contributed by atoms with van der Waals surface area (Å²) in [7, 11) is 0. The molecule has 1 aromatic carbocycles. The fourth-order valence-corrected chi connectivity index (χ4v) is 5.15. The Kier molecular flexibility index (Phi) is 6.55. The highest BCUT2D eigenvalue weighted by Gasteiger charge is 2.26. The maximum absolute atomic E-state index is 13.2. The van der Waals surface area contributed by atoms with Gasteiger partial charge in [0.2, 0.25) is 5.91 Å². The largest absolute Gasteiger partial charge is 0.376 e. The van der Waals surface area contributed by atoms with Crippen molar-refractivity contribution in [2.75, 3.05) is 19.7 Å². The number of carbonyl (C=O) groups excluding carboxylic acids is 1. The number of ether oxygens (including phenoxy) is 1. The highest BCUT2D eigenvalue weighted by Crippen LogP contribution is 2.26. The molecule has 2 aliphatic heterocycles. The molecule has 2 saturated heterocycles. The molecule has 0 bridgehead atoms. The number of hydrogen-bond donors (Lipinski definition) is 0. The van der Waals surface area contributed by atoms with Crippen LogP contribution in [0.15, 0.2) is 34.2 Å². The second kappa shape index (κ2) is 9.30. The van der Waals surface area contributed by atoms with E-state index < -0.39 is 0 Å². The van der Waals surface area contributed by atoms with E-state index in [0.29, 0.717) is 22.6 Å². The van der Waals surface area contributed by atoms with E-state index in [1.165, 1.54) is 24.6 Å². The van der Waals surface area contributed by atoms with Gasteiger partial charge in [0.1, 0.15) is 0 Å². The van der Waals surface area contributed by atoms with Crippen LogP contribution in [0.3, 0.4) is 0 Å². The summed E-state index contributed by atoms with van der Waals surface area (Å²) in [4.78, 5) is 33.0. The molecule has 0 unspecified atom stereocenters. The van der Waals surface area contributed by atoms with Crippen LogP contribution in [0.5, 0.6) is 0 Å². The molecule has 7 heteroatoms. The standard InChI is InChI=1S/C22H29N3O3S/c1-16(20(26)24-12-6-2-3-7-13-24)29-22-23-19-11-5-4-10-18(19)21(27)25(22)15-17-9-8-14-28-17/h4-5,10-11,16-17H,2-3,6-9,12-15H2,1H3/t16-,17-/m0/s1. The van der Waals surface area contributed by atoms with Crippen molar-refractivity contribution in [1.82, 2.24) is 14.5 Å². The summed E-state index contributed by atoms with van der Waals surface area (Å²) in [6, 6.07) is 7.43. The van der Waals surface area contributed by atoms with Gasteiger partial charge in [-0.3, -0.25) is 14.2 Å². The minimum atomic E-state index is -0.281. The molecule has 2 atom stereocenters. The van der Waals surface area contributed by atoms with Gasteiger partial charge in [-0.05, 0) is 44.7 Å². The molecule has 4 rings (SSSR count). The number of para-hydroxylation sites is 1. The number of thioether (sulfide) groups is 1. The van der Waals surface area contributed by atoms with Gasteiger partial charge >= 0.3 is 0 Å². The van der Waals surface area contributed by atoms with Gasteiger partial charge < -0.3 is 9.64 Å². The van der Waals surface area contributed by atoms with Gasteiger partial charge in [-0.25, -0.2) is 4.98 Å². The number of benzene rings is 1. The Morgan fingerprint density at radius 1 is 1.21 bits per heavy atom. The molecule has 3 heterocycles. The first-order valence-corrected chi connectivity index (χ1v) is 11.6. The molecule has 2 aromatic rings. The Morgan fingerprint density at radius 2 is 1.97 bits per heavy atom. The molecule has 29 heavy (non-hydrogen) atoms. The van der Waals surface area contributed by atoms with Crippen LogP contribution >= 0.6 is 11.8 Å². The summed E-state index contributed by atoms with van der Waals surface area (Å²) in [5.41, 5.74) is 0.626. The summed E-state index contributed by atoms with van der Waals surface area (Å²) in [6.45, 7) is 4.82. The SMILES string of the molecule is C[C@H](Sc1nc2ccccc2c(=O)n1C[C@@H]1CCCO1)C(=O)N1CCCCCC1. The molecule has 1 amide bonds. The van der Waals surface area contributed by atoms with Crippen LogP contribution in [0.4, 0.5) is 0 Å². The van der Waals surface area contributed by atoms with E-state index in [9.17, 15) is 9.59 Å². The smallest absolute Gasteiger partial charge is 0.262 e. The molecule has 0 saturated carbocycles. The van der Waals surface area contributed by atoms with Gasteiger partial charge in [-0.1, -0.05) is 36.7 Å². The van der Waals surface area contributed by atoms with Gasteiger partial charge in [0, 0.05) is 19.7 Å². The maximum atomic E-state index is 13.2. The summed E-state index contributed by atoms with van der Waals surface area (Å²) in [6.07, 6.45) is 6.53. The van der Waals surface area contributed by atoms with Crippen molar-refractivity contribution in [2.45, 2.75) is 68.5 Å². The number of amides is 1. The summed E-state index contributed by atoms with van der Waals surface area (Å²) in [5, 5.41) is 0.943. The minimum Gasteiger partial charge on any atom is -0.376 e. The molecule has 6 nitrogen and oxygen atoms in total. The topological polar surface area (TPSA) is 64.4 Å². The Balaban J connectivity index is 1.62. The predicted octanol–water partition coefficient (Wildman–Crippen LogP) is 3.46. The fourth-order valence-electron chi connectivity index (χ4n) is 4.15. The molecule has 0 aliphatic carbocycles. The minimum absolute atomic E-state index is 0.0339. The van der Waals surface area contributed by atoms with Crippen LogP contribution in [0.2, 0.25) is 0 Å². The highest BCUT2D eigenvalue weighted by molar-refractivity contribution is 8.00. The highest BCUT2D eigenvalue weighted by atomic mass is 32.2. The zero-order valence-corrected chi connectivity index (χ0v) is 17.8. The average Bonchev–Trinajstić information content (AvgIpc) is 3.09. The maximum Gasteiger partial charge on any atom is 0.262 e. The van der Waals surface area contributed by atoms with E-state index in [2.05, 4.69) is 0 Å². The second-order valence-corrected chi connectivity index (χ2v) is 9.27. The third-order valence-electron chi connectivity index (χ3n) is 5.78. The molecular formula is C22H29N3O3S. The van der Waals surface area contributed by atoms with Crippen LogP contribution in [0.1, 0.15) is 45.4 Å². The lowest BCUT2D eigenvalue weighted by Crippen LogP contribution is -2.37. The lowest BCUT2D eigenvalue weighted by atomic mass is 10.2. The Hall–Kier alpha value is -1.86. The Morgan fingerprint density at radius 3 is 2.69 bits per heavy atom. The van der Waals surface area contributed by atoms with Crippen molar-refractivity contribution < 1.29 is 9.53 Å². The van der Waals surface area contributed by atoms with Crippen LogP contribution in [-0.2, 0) is 16.1 Å². The van der Waals surface area contributed by atoms with E-state index in [0.717, 1.165) is 45.4 Å². The number of hydrogen-bond acceptors (Lipinski definition) is 5. The van der Waals surface area contributed by atoms with Gasteiger partial charge in [0.05, 0.1) is 28.8 Å². The van der Waals surface area contributed by atoms with E-state index >= 15 is 0 Å². The average molecular weight is 416 g/mol. The second-order valence-electron chi connectivity index (χ2n) is 7.96. The van der Waals surface area contributed by atoms with Crippen LogP contribution in [-0.4, -0.2) is 51.4 Å². The summed E-state index contributed by atoms with van der Waals surface area (Å²) in [5.74, 6) is 0.142. The number of carbonyl (C=O) groups is 1. The molecule has 2 aliphatic rings. The monoisotopic (exact) mass is 415 g/mol. The number of rotatable bonds is 5. The normalized spacial score (nSPS) is 21.3. The molecule has 1 aromatic heterocycles. The number of aromatic nitrogens is 2. The molecule has 0 radical (unpaired) electrons. The quantitative estimate of drug-likeness (QED) is 0.553. The van der Waals surface area contributed by atoms with Crippen LogP contribution in [0, 0.1) is 0 Å². The lowest BCUT2D eigenvalue weighted by Gasteiger charge is -2.24. The van der Waals surface area contributed by atoms with E-state index in [1.807, 2.05) is 36.1 Å². The van der Waals surface area contributed by atoms with Gasteiger partial charge in [0.15, 0.2) is 5.16 Å². The van der Waals surface area contributed by atoms with Crippen molar-refractivity contribution in [3.8, 4) is 0 Å². The van der Waals surface area contributed by atoms with Crippen LogP contribution in [0.25, 0.3) is 10.9 Å². The zero-order chi connectivity index (χ0) is 20.2. The Bertz CT molecular complexity index is 915. The number of likely N-dealkylation sites (tertiary alicyclic amines) is 1. The number of nitrogens with zero attached hydrogens (tertiary/aromatic N) is 3.